The van der Waals surface area contributed by atoms with Crippen LogP contribution in [0.4, 0.5) is 0 Å². The minimum atomic E-state index is -2.86. The Morgan fingerprint density at radius 2 is 1.80 bits per heavy atom. The van der Waals surface area contributed by atoms with Crippen LogP contribution in [0.1, 0.15) is 0 Å². The highest BCUT2D eigenvalue weighted by Crippen LogP contribution is 2.07. The van der Waals surface area contributed by atoms with Crippen LogP contribution in [0.2, 0.25) is 0 Å². The molecule has 0 atom stereocenters. The lowest BCUT2D eigenvalue weighted by Crippen LogP contribution is -2.55. The van der Waals surface area contributed by atoms with Gasteiger partial charge in [-0.1, -0.05) is 30.3 Å². The van der Waals surface area contributed by atoms with Crippen molar-refractivity contribution in [1.29, 1.82) is 5.26 Å². The van der Waals surface area contributed by atoms with Gasteiger partial charge in [-0.15, -0.1) is 0 Å². The van der Waals surface area contributed by atoms with Gasteiger partial charge in [0.15, 0.2) is 0 Å². The number of hydrogen-bond acceptors (Lipinski definition) is 4. The molecule has 5 heteroatoms. The standard InChI is InChI=1S/C10H13NO3Si/c1-12-15(13-2,14-9-8-11)10-6-4-3-5-7-10/h3-7H,9H2,1-2H3. The van der Waals surface area contributed by atoms with Gasteiger partial charge in [0.05, 0.1) is 6.07 Å². The molecule has 0 heterocycles. The lowest BCUT2D eigenvalue weighted by atomic mass is 10.4. The maximum absolute atomic E-state index is 8.50. The van der Waals surface area contributed by atoms with Gasteiger partial charge >= 0.3 is 8.80 Å². The molecule has 0 aliphatic heterocycles. The van der Waals surface area contributed by atoms with Crippen LogP contribution in [0.25, 0.3) is 0 Å². The second-order valence-corrected chi connectivity index (χ2v) is 5.57. The monoisotopic (exact) mass is 223 g/mol. The molecule has 0 bridgehead atoms. The number of hydrogen-bond donors (Lipinski definition) is 0. The summed E-state index contributed by atoms with van der Waals surface area (Å²) in [6, 6.07) is 11.3. The third kappa shape index (κ3) is 2.64. The summed E-state index contributed by atoms with van der Waals surface area (Å²) in [6.45, 7) is -0.0389. The van der Waals surface area contributed by atoms with Crippen LogP contribution in [0.5, 0.6) is 0 Å². The first-order valence-electron chi connectivity index (χ1n) is 4.46. The van der Waals surface area contributed by atoms with Crippen molar-refractivity contribution in [1.82, 2.24) is 0 Å². The largest absolute Gasteiger partial charge is 0.537 e. The fourth-order valence-corrected chi connectivity index (χ4v) is 3.19. The van der Waals surface area contributed by atoms with Gasteiger partial charge < -0.3 is 13.3 Å². The molecule has 0 saturated heterocycles. The lowest BCUT2D eigenvalue weighted by molar-refractivity contribution is 0.127. The Morgan fingerprint density at radius 1 is 1.20 bits per heavy atom. The molecule has 0 saturated carbocycles. The first-order chi connectivity index (χ1) is 7.29. The summed E-state index contributed by atoms with van der Waals surface area (Å²) in [4.78, 5) is 0. The first kappa shape index (κ1) is 11.9. The van der Waals surface area contributed by atoms with E-state index in [0.717, 1.165) is 5.19 Å². The quantitative estimate of drug-likeness (QED) is 0.688. The van der Waals surface area contributed by atoms with Gasteiger partial charge in [-0.2, -0.15) is 5.26 Å². The summed E-state index contributed by atoms with van der Waals surface area (Å²) < 4.78 is 16.0. The summed E-state index contributed by atoms with van der Waals surface area (Å²) in [5.74, 6) is 0. The number of nitriles is 1. The van der Waals surface area contributed by atoms with E-state index in [1.807, 2.05) is 36.4 Å². The molecule has 1 rings (SSSR count). The third-order valence-electron chi connectivity index (χ3n) is 1.99. The Morgan fingerprint density at radius 3 is 2.27 bits per heavy atom. The van der Waals surface area contributed by atoms with E-state index in [1.54, 1.807) is 0 Å². The molecular formula is C10H13NO3Si. The fraction of sp³-hybridized carbons (Fsp3) is 0.300. The number of nitrogens with zero attached hydrogens (tertiary/aromatic N) is 1. The summed E-state index contributed by atoms with van der Waals surface area (Å²) in [7, 11) is 0.193. The lowest BCUT2D eigenvalue weighted by Gasteiger charge is -2.25. The van der Waals surface area contributed by atoms with Gasteiger partial charge in [0.25, 0.3) is 0 Å². The Bertz CT molecular complexity index is 332. The Kier molecular flexibility index (Phi) is 4.46. The Balaban J connectivity index is 2.95. The van der Waals surface area contributed by atoms with Gasteiger partial charge in [0, 0.05) is 19.4 Å². The molecule has 80 valence electrons. The average molecular weight is 223 g/mol. The molecule has 0 N–H and O–H groups in total. The van der Waals surface area contributed by atoms with E-state index in [1.165, 1.54) is 14.2 Å². The maximum atomic E-state index is 8.50. The van der Waals surface area contributed by atoms with Crippen molar-refractivity contribution in [2.75, 3.05) is 20.8 Å². The van der Waals surface area contributed by atoms with Gasteiger partial charge in [-0.3, -0.25) is 0 Å². The van der Waals surface area contributed by atoms with Crippen LogP contribution in [-0.4, -0.2) is 29.6 Å². The minimum absolute atomic E-state index is 0.0389. The van der Waals surface area contributed by atoms with Crippen LogP contribution in [0, 0.1) is 11.3 Å². The van der Waals surface area contributed by atoms with Gasteiger partial charge in [-0.25, -0.2) is 0 Å². The number of benzene rings is 1. The van der Waals surface area contributed by atoms with E-state index in [2.05, 4.69) is 0 Å². The molecule has 0 radical (unpaired) electrons. The van der Waals surface area contributed by atoms with Crippen molar-refractivity contribution < 1.29 is 13.3 Å². The van der Waals surface area contributed by atoms with E-state index >= 15 is 0 Å². The zero-order valence-corrected chi connectivity index (χ0v) is 9.77. The average Bonchev–Trinajstić information content (AvgIpc) is 2.33. The molecule has 0 aromatic heterocycles. The van der Waals surface area contributed by atoms with Crippen molar-refractivity contribution in [3.8, 4) is 6.07 Å². The van der Waals surface area contributed by atoms with Crippen molar-refractivity contribution in [3.05, 3.63) is 30.3 Å². The Hall–Kier alpha value is -1.19. The minimum Gasteiger partial charge on any atom is -0.373 e. The van der Waals surface area contributed by atoms with E-state index in [4.69, 9.17) is 18.5 Å². The molecule has 0 aliphatic carbocycles. The molecular weight excluding hydrogens is 210 g/mol. The van der Waals surface area contributed by atoms with E-state index in [-0.39, 0.29) is 6.61 Å². The molecule has 0 aliphatic rings. The molecule has 1 aromatic carbocycles. The molecule has 15 heavy (non-hydrogen) atoms. The van der Waals surface area contributed by atoms with Crippen LogP contribution in [0.3, 0.4) is 0 Å². The highest BCUT2D eigenvalue weighted by molar-refractivity contribution is 6.75. The summed E-state index contributed by atoms with van der Waals surface area (Å²) in [5, 5.41) is 9.36. The zero-order valence-electron chi connectivity index (χ0n) is 8.77. The fourth-order valence-electron chi connectivity index (χ4n) is 1.29. The second-order valence-electron chi connectivity index (χ2n) is 2.78. The first-order valence-corrected chi connectivity index (χ1v) is 6.18. The summed E-state index contributed by atoms with van der Waals surface area (Å²) >= 11 is 0. The van der Waals surface area contributed by atoms with Crippen LogP contribution in [-0.2, 0) is 13.3 Å². The normalized spacial score (nSPS) is 11.0. The molecule has 0 unspecified atom stereocenters. The molecule has 0 amide bonds. The summed E-state index contributed by atoms with van der Waals surface area (Å²) in [5.41, 5.74) is 0. The van der Waals surface area contributed by atoms with Crippen LogP contribution < -0.4 is 5.19 Å². The molecule has 0 fully saturated rings. The van der Waals surface area contributed by atoms with Gasteiger partial charge in [-0.05, 0) is 0 Å². The van der Waals surface area contributed by atoms with Gasteiger partial charge in [0.2, 0.25) is 0 Å². The SMILES string of the molecule is CO[Si](OC)(OCC#N)c1ccccc1. The Labute approximate surface area is 90.4 Å². The zero-order chi connectivity index (χ0) is 11.1. The van der Waals surface area contributed by atoms with Gasteiger partial charge in [0.1, 0.15) is 6.61 Å². The van der Waals surface area contributed by atoms with Crippen molar-refractivity contribution >= 4 is 14.0 Å². The second kappa shape index (κ2) is 5.63. The van der Waals surface area contributed by atoms with Crippen molar-refractivity contribution in [2.24, 2.45) is 0 Å². The smallest absolute Gasteiger partial charge is 0.373 e. The molecule has 4 nitrogen and oxygen atoms in total. The summed E-state index contributed by atoms with van der Waals surface area (Å²) in [6.07, 6.45) is 0. The van der Waals surface area contributed by atoms with Crippen LogP contribution in [0.15, 0.2) is 30.3 Å². The van der Waals surface area contributed by atoms with E-state index in [9.17, 15) is 0 Å². The van der Waals surface area contributed by atoms with Crippen molar-refractivity contribution in [2.45, 2.75) is 0 Å². The molecule has 0 spiro atoms. The number of rotatable bonds is 5. The third-order valence-corrected chi connectivity index (χ3v) is 4.63. The molecule has 1 aromatic rings. The van der Waals surface area contributed by atoms with E-state index in [0.29, 0.717) is 0 Å². The van der Waals surface area contributed by atoms with Crippen molar-refractivity contribution in [3.63, 3.8) is 0 Å². The topological polar surface area (TPSA) is 51.5 Å². The maximum Gasteiger partial charge on any atom is 0.537 e. The van der Waals surface area contributed by atoms with Crippen LogP contribution >= 0.6 is 0 Å². The van der Waals surface area contributed by atoms with E-state index < -0.39 is 8.80 Å². The highest BCUT2D eigenvalue weighted by atomic mass is 28.4. The highest BCUT2D eigenvalue weighted by Gasteiger charge is 2.41. The predicted molar refractivity (Wildman–Crippen MR) is 57.4 cm³/mol. The predicted octanol–water partition coefficient (Wildman–Crippen LogP) is 0.665.